The van der Waals surface area contributed by atoms with Crippen LogP contribution in [0.4, 0.5) is 0 Å². The first kappa shape index (κ1) is 23.6. The van der Waals surface area contributed by atoms with Crippen LogP contribution in [0.25, 0.3) is 0 Å². The molecule has 0 saturated carbocycles. The second-order valence-corrected chi connectivity index (χ2v) is 9.13. The van der Waals surface area contributed by atoms with Gasteiger partial charge in [-0.3, -0.25) is 4.90 Å². The van der Waals surface area contributed by atoms with E-state index in [4.69, 9.17) is 19.9 Å². The lowest BCUT2D eigenvalue weighted by molar-refractivity contribution is -0.148. The highest BCUT2D eigenvalue weighted by Gasteiger charge is 2.30. The first-order valence-electron chi connectivity index (χ1n) is 10.0. The number of carbonyl (C=O) groups is 1. The van der Waals surface area contributed by atoms with Gasteiger partial charge < -0.3 is 25.3 Å². The molecule has 2 aliphatic heterocycles. The molecule has 2 rings (SSSR count). The van der Waals surface area contributed by atoms with Gasteiger partial charge in [-0.1, -0.05) is 0 Å². The van der Waals surface area contributed by atoms with Gasteiger partial charge in [0.05, 0.1) is 24.6 Å². The second kappa shape index (κ2) is 10.4. The second-order valence-electron chi connectivity index (χ2n) is 8.14. The molecule has 1 saturated heterocycles. The monoisotopic (exact) mass is 425 g/mol. The zero-order valence-electron chi connectivity index (χ0n) is 18.5. The summed E-state index contributed by atoms with van der Waals surface area (Å²) in [5.41, 5.74) is 9.08. The summed E-state index contributed by atoms with van der Waals surface area (Å²) in [5.74, 6) is 1.04. The number of thioether (sulfide) groups is 1. The van der Waals surface area contributed by atoms with E-state index in [1.54, 1.807) is 0 Å². The van der Waals surface area contributed by atoms with Gasteiger partial charge in [-0.15, -0.1) is 11.8 Å². The Balaban J connectivity index is 2.16. The molecule has 3 N–H and O–H groups in total. The molecule has 0 unspecified atom stereocenters. The summed E-state index contributed by atoms with van der Waals surface area (Å²) in [6, 6.07) is 0. The summed E-state index contributed by atoms with van der Waals surface area (Å²) in [4.78, 5) is 15.3. The Morgan fingerprint density at radius 1 is 1.28 bits per heavy atom. The third-order valence-corrected chi connectivity index (χ3v) is 5.89. The van der Waals surface area contributed by atoms with Crippen LogP contribution in [0.1, 0.15) is 34.6 Å². The van der Waals surface area contributed by atoms with Crippen molar-refractivity contribution >= 4 is 17.7 Å². The third-order valence-electron chi connectivity index (χ3n) is 4.78. The normalized spacial score (nSPS) is 21.0. The Morgan fingerprint density at radius 2 is 1.93 bits per heavy atom. The minimum atomic E-state index is -0.553. The van der Waals surface area contributed by atoms with Crippen LogP contribution in [0, 0.1) is 0 Å². The summed E-state index contributed by atoms with van der Waals surface area (Å²) in [7, 11) is 1.87. The van der Waals surface area contributed by atoms with E-state index in [0.29, 0.717) is 23.0 Å². The predicted molar refractivity (Wildman–Crippen MR) is 117 cm³/mol. The number of morpholine rings is 1. The fourth-order valence-electron chi connectivity index (χ4n) is 3.09. The number of rotatable bonds is 7. The van der Waals surface area contributed by atoms with Gasteiger partial charge in [0.1, 0.15) is 22.9 Å². The molecule has 0 bridgehead atoms. The van der Waals surface area contributed by atoms with Gasteiger partial charge in [-0.25, -0.2) is 4.79 Å². The van der Waals surface area contributed by atoms with Gasteiger partial charge in [0.25, 0.3) is 0 Å². The van der Waals surface area contributed by atoms with Crippen molar-refractivity contribution in [2.45, 2.75) is 40.2 Å². The molecular weight excluding hydrogens is 390 g/mol. The molecule has 0 aliphatic carbocycles. The number of hydrogen-bond acceptors (Lipinski definition) is 8. The third kappa shape index (κ3) is 6.69. The lowest BCUT2D eigenvalue weighted by Crippen LogP contribution is -2.38. The summed E-state index contributed by atoms with van der Waals surface area (Å²) < 4.78 is 17.1. The van der Waals surface area contributed by atoms with Crippen molar-refractivity contribution in [1.82, 2.24) is 10.2 Å². The molecule has 0 aromatic heterocycles. The highest BCUT2D eigenvalue weighted by molar-refractivity contribution is 8.04. The molecule has 0 aromatic carbocycles. The SMILES string of the molecule is CN/C(C)=C(OCCN1CCOCC1)\C(C)=C1/CSC(C(=O)OC(C)(C)C)=C1N. The Kier molecular flexibility index (Phi) is 8.48. The molecule has 1 fully saturated rings. The van der Waals surface area contributed by atoms with Crippen molar-refractivity contribution in [1.29, 1.82) is 0 Å². The lowest BCUT2D eigenvalue weighted by atomic mass is 10.0. The van der Waals surface area contributed by atoms with Crippen molar-refractivity contribution in [2.75, 3.05) is 52.3 Å². The fraction of sp³-hybridized carbons (Fsp3) is 0.667. The summed E-state index contributed by atoms with van der Waals surface area (Å²) in [6.45, 7) is 14.3. The zero-order valence-corrected chi connectivity index (χ0v) is 19.3. The number of nitrogens with one attached hydrogen (secondary N) is 1. The quantitative estimate of drug-likeness (QED) is 0.475. The van der Waals surface area contributed by atoms with Crippen LogP contribution in [0.15, 0.2) is 33.2 Å². The Morgan fingerprint density at radius 3 is 2.52 bits per heavy atom. The van der Waals surface area contributed by atoms with Gasteiger partial charge in [-0.05, 0) is 45.8 Å². The van der Waals surface area contributed by atoms with Crippen molar-refractivity contribution in [3.63, 3.8) is 0 Å². The Labute approximate surface area is 178 Å². The van der Waals surface area contributed by atoms with E-state index in [1.165, 1.54) is 11.8 Å². The van der Waals surface area contributed by atoms with Gasteiger partial charge in [-0.2, -0.15) is 0 Å². The molecule has 164 valence electrons. The van der Waals surface area contributed by atoms with E-state index >= 15 is 0 Å². The highest BCUT2D eigenvalue weighted by Crippen LogP contribution is 2.37. The maximum Gasteiger partial charge on any atom is 0.347 e. The van der Waals surface area contributed by atoms with Crippen LogP contribution in [0.3, 0.4) is 0 Å². The molecule has 2 aliphatic rings. The lowest BCUT2D eigenvalue weighted by Gasteiger charge is -2.27. The number of carbonyl (C=O) groups excluding carboxylic acids is 1. The number of ether oxygens (including phenoxy) is 3. The average molecular weight is 426 g/mol. The van der Waals surface area contributed by atoms with Crippen LogP contribution in [-0.2, 0) is 19.0 Å². The molecular formula is C21H35N3O4S. The van der Waals surface area contributed by atoms with Crippen LogP contribution in [-0.4, -0.2) is 68.7 Å². The Bertz CT molecular complexity index is 701. The highest BCUT2D eigenvalue weighted by atomic mass is 32.2. The maximum absolute atomic E-state index is 12.5. The fourth-order valence-corrected chi connectivity index (χ4v) is 4.19. The van der Waals surface area contributed by atoms with Crippen LogP contribution < -0.4 is 11.1 Å². The number of esters is 1. The number of hydrogen-bond donors (Lipinski definition) is 2. The van der Waals surface area contributed by atoms with Gasteiger partial charge in [0, 0.05) is 32.4 Å². The molecule has 7 nitrogen and oxygen atoms in total. The Hall–Kier alpha value is -1.64. The molecule has 0 aromatic rings. The van der Waals surface area contributed by atoms with E-state index in [1.807, 2.05) is 41.7 Å². The zero-order chi connectivity index (χ0) is 21.6. The van der Waals surface area contributed by atoms with Crippen molar-refractivity contribution in [2.24, 2.45) is 5.73 Å². The van der Waals surface area contributed by atoms with Gasteiger partial charge in [0.2, 0.25) is 0 Å². The van der Waals surface area contributed by atoms with Crippen molar-refractivity contribution in [3.8, 4) is 0 Å². The first-order valence-corrected chi connectivity index (χ1v) is 11.0. The smallest absolute Gasteiger partial charge is 0.347 e. The molecule has 8 heteroatoms. The molecule has 2 heterocycles. The first-order chi connectivity index (χ1) is 13.6. The van der Waals surface area contributed by atoms with Crippen molar-refractivity contribution in [3.05, 3.63) is 33.2 Å². The van der Waals surface area contributed by atoms with Gasteiger partial charge in [0.15, 0.2) is 0 Å². The van der Waals surface area contributed by atoms with Gasteiger partial charge >= 0.3 is 5.97 Å². The minimum absolute atomic E-state index is 0.369. The van der Waals surface area contributed by atoms with E-state index in [2.05, 4.69) is 10.2 Å². The summed E-state index contributed by atoms with van der Waals surface area (Å²) in [6.07, 6.45) is 0. The summed E-state index contributed by atoms with van der Waals surface area (Å²) >= 11 is 1.42. The van der Waals surface area contributed by atoms with E-state index in [-0.39, 0.29) is 5.97 Å². The standard InChI is InChI=1S/C21H35N3O4S/c1-14(16-13-29-19(17(16)22)20(25)28-21(3,4)5)18(15(2)23-6)27-12-9-24-7-10-26-11-8-24/h23H,7-13,22H2,1-6H3/b16-14+,18-15+. The maximum atomic E-state index is 12.5. The minimum Gasteiger partial charge on any atom is -0.490 e. The number of allylic oxidation sites excluding steroid dienone is 3. The molecule has 0 spiro atoms. The van der Waals surface area contributed by atoms with Crippen molar-refractivity contribution < 1.29 is 19.0 Å². The van der Waals surface area contributed by atoms with Crippen LogP contribution >= 0.6 is 11.8 Å². The molecule has 0 atom stereocenters. The van der Waals surface area contributed by atoms with Crippen LogP contribution in [0.2, 0.25) is 0 Å². The predicted octanol–water partition coefficient (Wildman–Crippen LogP) is 2.36. The topological polar surface area (TPSA) is 86.0 Å². The molecule has 0 amide bonds. The largest absolute Gasteiger partial charge is 0.490 e. The van der Waals surface area contributed by atoms with E-state index in [9.17, 15) is 4.79 Å². The summed E-state index contributed by atoms with van der Waals surface area (Å²) in [5, 5.41) is 3.17. The average Bonchev–Trinajstić information content (AvgIpc) is 3.05. The van der Waals surface area contributed by atoms with E-state index < -0.39 is 5.60 Å². The van der Waals surface area contributed by atoms with E-state index in [0.717, 1.165) is 55.5 Å². The molecule has 29 heavy (non-hydrogen) atoms. The number of nitrogens with two attached hydrogens (primary N) is 1. The molecule has 0 radical (unpaired) electrons. The number of nitrogens with zero attached hydrogens (tertiary/aromatic N) is 1. The van der Waals surface area contributed by atoms with Crippen LogP contribution in [0.5, 0.6) is 0 Å².